The zero-order chi connectivity index (χ0) is 13.5. The standard InChI is InChI=1S/C14H8N6/c15-5-9-6-17-14-18-8-19-20(14)13(9)11-7-16-12-4-2-1-3-10(11)12/h1-4,6-8,16H. The van der Waals surface area contributed by atoms with Gasteiger partial charge in [0.25, 0.3) is 5.78 Å². The molecular formula is C14H8N6. The molecule has 6 heteroatoms. The summed E-state index contributed by atoms with van der Waals surface area (Å²) in [5.74, 6) is 0.476. The Kier molecular flexibility index (Phi) is 2.08. The van der Waals surface area contributed by atoms with Gasteiger partial charge in [0.05, 0.1) is 17.5 Å². The van der Waals surface area contributed by atoms with Gasteiger partial charge < -0.3 is 4.98 Å². The van der Waals surface area contributed by atoms with Crippen LogP contribution >= 0.6 is 0 Å². The van der Waals surface area contributed by atoms with Crippen molar-refractivity contribution in [2.45, 2.75) is 0 Å². The van der Waals surface area contributed by atoms with Crippen LogP contribution in [0, 0.1) is 11.3 Å². The summed E-state index contributed by atoms with van der Waals surface area (Å²) in [6.45, 7) is 0. The van der Waals surface area contributed by atoms with Crippen molar-refractivity contribution in [1.29, 1.82) is 5.26 Å². The molecule has 6 nitrogen and oxygen atoms in total. The van der Waals surface area contributed by atoms with Gasteiger partial charge in [-0.15, -0.1) is 0 Å². The number of nitriles is 1. The molecule has 0 unspecified atom stereocenters. The quantitative estimate of drug-likeness (QED) is 0.568. The Labute approximate surface area is 113 Å². The zero-order valence-electron chi connectivity index (χ0n) is 10.3. The molecule has 0 radical (unpaired) electrons. The summed E-state index contributed by atoms with van der Waals surface area (Å²) >= 11 is 0. The van der Waals surface area contributed by atoms with E-state index >= 15 is 0 Å². The number of benzene rings is 1. The number of aromatic amines is 1. The zero-order valence-corrected chi connectivity index (χ0v) is 10.3. The number of hydrogen-bond acceptors (Lipinski definition) is 4. The number of para-hydroxylation sites is 1. The monoisotopic (exact) mass is 260 g/mol. The van der Waals surface area contributed by atoms with E-state index in [0.29, 0.717) is 17.0 Å². The Balaban J connectivity index is 2.16. The van der Waals surface area contributed by atoms with Gasteiger partial charge in [-0.1, -0.05) is 18.2 Å². The molecule has 4 aromatic rings. The van der Waals surface area contributed by atoms with Gasteiger partial charge in [0.1, 0.15) is 12.4 Å². The van der Waals surface area contributed by atoms with Gasteiger partial charge in [-0.05, 0) is 6.07 Å². The second kappa shape index (κ2) is 3.90. The molecular weight excluding hydrogens is 252 g/mol. The lowest BCUT2D eigenvalue weighted by Gasteiger charge is -2.04. The predicted molar refractivity (Wildman–Crippen MR) is 72.8 cm³/mol. The topological polar surface area (TPSA) is 82.7 Å². The SMILES string of the molecule is N#Cc1cnc2ncnn2c1-c1c[nH]c2ccccc12. The molecule has 0 aliphatic heterocycles. The second-order valence-electron chi connectivity index (χ2n) is 4.35. The summed E-state index contributed by atoms with van der Waals surface area (Å²) in [7, 11) is 0. The lowest BCUT2D eigenvalue weighted by atomic mass is 10.1. The van der Waals surface area contributed by atoms with Gasteiger partial charge in [-0.3, -0.25) is 0 Å². The molecule has 94 valence electrons. The third-order valence-corrected chi connectivity index (χ3v) is 3.27. The summed E-state index contributed by atoms with van der Waals surface area (Å²) in [6, 6.07) is 10.1. The van der Waals surface area contributed by atoms with E-state index in [9.17, 15) is 5.26 Å². The van der Waals surface area contributed by atoms with Crippen LogP contribution in [-0.4, -0.2) is 24.6 Å². The van der Waals surface area contributed by atoms with Crippen molar-refractivity contribution in [3.05, 3.63) is 48.5 Å². The maximum Gasteiger partial charge on any atom is 0.252 e. The Morgan fingerprint density at radius 2 is 2.10 bits per heavy atom. The van der Waals surface area contributed by atoms with Gasteiger partial charge in [0.15, 0.2) is 0 Å². The first-order valence-electron chi connectivity index (χ1n) is 6.04. The minimum atomic E-state index is 0.466. The molecule has 0 fully saturated rings. The Hall–Kier alpha value is -3.20. The van der Waals surface area contributed by atoms with E-state index in [4.69, 9.17) is 0 Å². The van der Waals surface area contributed by atoms with Crippen LogP contribution in [-0.2, 0) is 0 Å². The van der Waals surface area contributed by atoms with Crippen LogP contribution in [0.5, 0.6) is 0 Å². The number of nitrogens with one attached hydrogen (secondary N) is 1. The average molecular weight is 260 g/mol. The van der Waals surface area contributed by atoms with E-state index in [0.717, 1.165) is 16.5 Å². The molecule has 1 N–H and O–H groups in total. The summed E-state index contributed by atoms with van der Waals surface area (Å²) in [5.41, 5.74) is 3.09. The molecule has 20 heavy (non-hydrogen) atoms. The molecule has 4 rings (SSSR count). The van der Waals surface area contributed by atoms with Crippen molar-refractivity contribution in [2.24, 2.45) is 0 Å². The smallest absolute Gasteiger partial charge is 0.252 e. The Morgan fingerprint density at radius 3 is 3.00 bits per heavy atom. The van der Waals surface area contributed by atoms with E-state index in [2.05, 4.69) is 26.1 Å². The first-order valence-corrected chi connectivity index (χ1v) is 6.04. The number of fused-ring (bicyclic) bond motifs is 2. The molecule has 0 saturated carbocycles. The highest BCUT2D eigenvalue weighted by Gasteiger charge is 2.15. The van der Waals surface area contributed by atoms with E-state index in [-0.39, 0.29) is 0 Å². The van der Waals surface area contributed by atoms with Crippen LogP contribution in [0.4, 0.5) is 0 Å². The maximum absolute atomic E-state index is 9.32. The number of aromatic nitrogens is 5. The van der Waals surface area contributed by atoms with E-state index in [1.54, 1.807) is 4.52 Å². The highest BCUT2D eigenvalue weighted by atomic mass is 15.3. The fourth-order valence-corrected chi connectivity index (χ4v) is 2.39. The fraction of sp³-hybridized carbons (Fsp3) is 0. The summed E-state index contributed by atoms with van der Waals surface area (Å²) in [5, 5.41) is 14.5. The first kappa shape index (κ1) is 10.7. The number of nitrogens with zero attached hydrogens (tertiary/aromatic N) is 5. The van der Waals surface area contributed by atoms with Gasteiger partial charge >= 0.3 is 0 Å². The largest absolute Gasteiger partial charge is 0.360 e. The van der Waals surface area contributed by atoms with Gasteiger partial charge in [-0.2, -0.15) is 19.9 Å². The lowest BCUT2D eigenvalue weighted by Crippen LogP contribution is -1.99. The van der Waals surface area contributed by atoms with Crippen molar-refractivity contribution in [3.8, 4) is 17.3 Å². The van der Waals surface area contributed by atoms with Crippen LogP contribution < -0.4 is 0 Å². The maximum atomic E-state index is 9.32. The molecule has 0 amide bonds. The third-order valence-electron chi connectivity index (χ3n) is 3.27. The van der Waals surface area contributed by atoms with Gasteiger partial charge in [-0.25, -0.2) is 4.98 Å². The van der Waals surface area contributed by atoms with Crippen LogP contribution in [0.2, 0.25) is 0 Å². The normalized spacial score (nSPS) is 10.9. The van der Waals surface area contributed by atoms with E-state index in [1.165, 1.54) is 12.5 Å². The van der Waals surface area contributed by atoms with Crippen molar-refractivity contribution < 1.29 is 0 Å². The number of rotatable bonds is 1. The third kappa shape index (κ3) is 1.34. The summed E-state index contributed by atoms with van der Waals surface area (Å²) < 4.78 is 1.59. The molecule has 0 aliphatic carbocycles. The summed E-state index contributed by atoms with van der Waals surface area (Å²) in [6.07, 6.45) is 4.84. The van der Waals surface area contributed by atoms with Crippen LogP contribution in [0.3, 0.4) is 0 Å². The molecule has 3 aromatic heterocycles. The number of hydrogen-bond donors (Lipinski definition) is 1. The van der Waals surface area contributed by atoms with Crippen molar-refractivity contribution in [3.63, 3.8) is 0 Å². The van der Waals surface area contributed by atoms with Crippen LogP contribution in [0.1, 0.15) is 5.56 Å². The molecule has 1 aromatic carbocycles. The van der Waals surface area contributed by atoms with Crippen molar-refractivity contribution >= 4 is 16.7 Å². The fourth-order valence-electron chi connectivity index (χ4n) is 2.39. The highest BCUT2D eigenvalue weighted by Crippen LogP contribution is 2.30. The highest BCUT2D eigenvalue weighted by molar-refractivity contribution is 5.95. The first-order chi connectivity index (χ1) is 9.88. The summed E-state index contributed by atoms with van der Waals surface area (Å²) in [4.78, 5) is 11.4. The molecule has 0 aliphatic rings. The Bertz CT molecular complexity index is 972. The van der Waals surface area contributed by atoms with Crippen LogP contribution in [0.25, 0.3) is 27.9 Å². The van der Waals surface area contributed by atoms with Crippen LogP contribution in [0.15, 0.2) is 43.0 Å². The van der Waals surface area contributed by atoms with E-state index in [1.807, 2.05) is 30.5 Å². The number of H-pyrrole nitrogens is 1. The molecule has 0 atom stereocenters. The lowest BCUT2D eigenvalue weighted by molar-refractivity contribution is 0.944. The van der Waals surface area contributed by atoms with Gasteiger partial charge in [0.2, 0.25) is 0 Å². The molecule has 0 bridgehead atoms. The molecule has 3 heterocycles. The minimum absolute atomic E-state index is 0.466. The Morgan fingerprint density at radius 1 is 1.20 bits per heavy atom. The predicted octanol–water partition coefficient (Wildman–Crippen LogP) is 2.14. The second-order valence-corrected chi connectivity index (χ2v) is 4.35. The van der Waals surface area contributed by atoms with E-state index < -0.39 is 0 Å². The molecule has 0 spiro atoms. The average Bonchev–Trinajstić information content (AvgIpc) is 3.12. The van der Waals surface area contributed by atoms with Crippen molar-refractivity contribution in [2.75, 3.05) is 0 Å². The minimum Gasteiger partial charge on any atom is -0.360 e. The van der Waals surface area contributed by atoms with Crippen molar-refractivity contribution in [1.82, 2.24) is 24.6 Å². The molecule has 0 saturated heterocycles. The van der Waals surface area contributed by atoms with Gasteiger partial charge in [0, 0.05) is 22.7 Å².